The number of hydrogen-bond acceptors (Lipinski definition) is 4. The molecule has 1 aliphatic carbocycles. The van der Waals surface area contributed by atoms with E-state index >= 15 is 0 Å². The fourth-order valence-corrected chi connectivity index (χ4v) is 3.06. The lowest BCUT2D eigenvalue weighted by atomic mass is 9.97. The Morgan fingerprint density at radius 1 is 1.22 bits per heavy atom. The van der Waals surface area contributed by atoms with Gasteiger partial charge in [-0.3, -0.25) is 9.59 Å². The maximum absolute atomic E-state index is 14.1. The van der Waals surface area contributed by atoms with Gasteiger partial charge in [0.2, 0.25) is 5.82 Å². The number of aromatic nitrogens is 2. The van der Waals surface area contributed by atoms with Crippen LogP contribution >= 0.6 is 0 Å². The van der Waals surface area contributed by atoms with Gasteiger partial charge in [-0.1, -0.05) is 0 Å². The maximum atomic E-state index is 14.1. The van der Waals surface area contributed by atoms with Gasteiger partial charge in [-0.2, -0.15) is 9.49 Å². The van der Waals surface area contributed by atoms with Gasteiger partial charge in [0.25, 0.3) is 11.5 Å². The van der Waals surface area contributed by atoms with Gasteiger partial charge in [0.05, 0.1) is 24.9 Å². The van der Waals surface area contributed by atoms with E-state index in [1.807, 2.05) is 0 Å². The lowest BCUT2D eigenvalue weighted by Gasteiger charge is -2.16. The van der Waals surface area contributed by atoms with Crippen molar-refractivity contribution >= 4 is 5.91 Å². The van der Waals surface area contributed by atoms with Crippen LogP contribution in [0.4, 0.5) is 13.2 Å². The molecule has 1 aliphatic rings. The average Bonchev–Trinajstić information content (AvgIpc) is 2.65. The van der Waals surface area contributed by atoms with Gasteiger partial charge in [-0.05, 0) is 37.3 Å². The molecule has 3 rings (SSSR count). The summed E-state index contributed by atoms with van der Waals surface area (Å²) >= 11 is 0. The van der Waals surface area contributed by atoms with Crippen LogP contribution in [-0.2, 0) is 19.4 Å². The molecule has 0 spiro atoms. The van der Waals surface area contributed by atoms with Crippen molar-refractivity contribution in [3.8, 4) is 5.75 Å². The van der Waals surface area contributed by atoms with Crippen molar-refractivity contribution in [2.24, 2.45) is 0 Å². The van der Waals surface area contributed by atoms with Crippen molar-refractivity contribution in [1.82, 2.24) is 15.1 Å². The third-order valence-electron chi connectivity index (χ3n) is 4.45. The predicted molar refractivity (Wildman–Crippen MR) is 90.3 cm³/mol. The molecule has 27 heavy (non-hydrogen) atoms. The molecule has 1 heterocycles. The van der Waals surface area contributed by atoms with Gasteiger partial charge in [-0.15, -0.1) is 0 Å². The highest BCUT2D eigenvalue weighted by Crippen LogP contribution is 2.26. The first-order valence-corrected chi connectivity index (χ1v) is 8.52. The Balaban J connectivity index is 1.70. The minimum absolute atomic E-state index is 0.0364. The molecule has 0 atom stereocenters. The molecule has 1 aromatic heterocycles. The van der Waals surface area contributed by atoms with Crippen LogP contribution in [0.1, 0.15) is 34.5 Å². The third-order valence-corrected chi connectivity index (χ3v) is 4.45. The first-order valence-electron chi connectivity index (χ1n) is 8.52. The zero-order valence-corrected chi connectivity index (χ0v) is 14.7. The number of nitrogens with one attached hydrogen (secondary N) is 1. The highest BCUT2D eigenvalue weighted by Gasteiger charge is 2.23. The number of carbonyl (C=O) groups is 1. The zero-order valence-electron chi connectivity index (χ0n) is 14.7. The van der Waals surface area contributed by atoms with E-state index in [0.29, 0.717) is 6.07 Å². The Hall–Kier alpha value is -2.84. The molecule has 0 fully saturated rings. The first kappa shape index (κ1) is 18.9. The molecular weight excluding hydrogens is 363 g/mol. The van der Waals surface area contributed by atoms with E-state index in [1.165, 1.54) is 4.68 Å². The van der Waals surface area contributed by atoms with Crippen molar-refractivity contribution in [3.63, 3.8) is 0 Å². The van der Waals surface area contributed by atoms with E-state index in [1.54, 1.807) is 6.07 Å². The second-order valence-electron chi connectivity index (χ2n) is 6.21. The Morgan fingerprint density at radius 2 is 1.96 bits per heavy atom. The number of hydrogen-bond donors (Lipinski definition) is 1. The molecule has 0 aliphatic heterocycles. The lowest BCUT2D eigenvalue weighted by Crippen LogP contribution is -2.33. The fraction of sp³-hybridized carbons (Fsp3) is 0.389. The molecule has 1 amide bonds. The Labute approximate surface area is 153 Å². The van der Waals surface area contributed by atoms with Crippen LogP contribution in [0, 0.1) is 17.5 Å². The Morgan fingerprint density at radius 3 is 2.70 bits per heavy atom. The third kappa shape index (κ3) is 3.81. The maximum Gasteiger partial charge on any atom is 0.267 e. The summed E-state index contributed by atoms with van der Waals surface area (Å²) in [4.78, 5) is 24.2. The zero-order chi connectivity index (χ0) is 19.6. The summed E-state index contributed by atoms with van der Waals surface area (Å²) in [6, 6.07) is 2.01. The molecule has 9 heteroatoms. The summed E-state index contributed by atoms with van der Waals surface area (Å²) in [7, 11) is 0.969. The molecule has 0 radical (unpaired) electrons. The second kappa shape index (κ2) is 7.81. The van der Waals surface area contributed by atoms with Crippen LogP contribution in [0.25, 0.3) is 0 Å². The SMILES string of the molecule is COc1c(F)c(F)cc(C(=O)NCCn2nc3c(cc2=O)CCCC3)c1F. The quantitative estimate of drug-likeness (QED) is 0.804. The predicted octanol–water partition coefficient (Wildman–Crippen LogP) is 1.98. The van der Waals surface area contributed by atoms with Crippen LogP contribution in [0.3, 0.4) is 0 Å². The van der Waals surface area contributed by atoms with Gasteiger partial charge in [-0.25, -0.2) is 13.5 Å². The number of rotatable bonds is 5. The van der Waals surface area contributed by atoms with E-state index in [2.05, 4.69) is 15.2 Å². The molecular formula is C18H18F3N3O3. The summed E-state index contributed by atoms with van der Waals surface area (Å²) in [5, 5.41) is 6.67. The van der Waals surface area contributed by atoms with Crippen molar-refractivity contribution < 1.29 is 22.7 Å². The van der Waals surface area contributed by atoms with Gasteiger partial charge in [0.15, 0.2) is 17.4 Å². The minimum Gasteiger partial charge on any atom is -0.491 e. The summed E-state index contributed by atoms with van der Waals surface area (Å²) in [5.74, 6) is -6.11. The average molecular weight is 381 g/mol. The van der Waals surface area contributed by atoms with Gasteiger partial charge < -0.3 is 10.1 Å². The standard InChI is InChI=1S/C18H18F3N3O3/c1-27-17-15(20)11(9-12(19)16(17)21)18(26)22-6-7-24-14(25)8-10-4-2-3-5-13(10)23-24/h8-9H,2-7H2,1H3,(H,22,26). The van der Waals surface area contributed by atoms with Crippen molar-refractivity contribution in [3.05, 3.63) is 56.8 Å². The fourth-order valence-electron chi connectivity index (χ4n) is 3.06. The Kier molecular flexibility index (Phi) is 5.48. The van der Waals surface area contributed by atoms with Gasteiger partial charge >= 0.3 is 0 Å². The number of nitrogens with zero attached hydrogens (tertiary/aromatic N) is 2. The lowest BCUT2D eigenvalue weighted by molar-refractivity contribution is 0.0946. The number of carbonyl (C=O) groups excluding carboxylic acids is 1. The minimum atomic E-state index is -1.50. The number of benzene rings is 1. The molecule has 6 nitrogen and oxygen atoms in total. The number of methoxy groups -OCH3 is 1. The second-order valence-corrected chi connectivity index (χ2v) is 6.21. The Bertz CT molecular complexity index is 944. The van der Waals surface area contributed by atoms with Crippen LogP contribution < -0.4 is 15.6 Å². The van der Waals surface area contributed by atoms with E-state index in [4.69, 9.17) is 0 Å². The van der Waals surface area contributed by atoms with Crippen LogP contribution in [0.2, 0.25) is 0 Å². The van der Waals surface area contributed by atoms with Gasteiger partial charge in [0, 0.05) is 12.6 Å². The number of amides is 1. The van der Waals surface area contributed by atoms with E-state index < -0.39 is 34.7 Å². The molecule has 0 saturated heterocycles. The van der Waals surface area contributed by atoms with E-state index in [0.717, 1.165) is 44.1 Å². The van der Waals surface area contributed by atoms with Crippen molar-refractivity contribution in [2.45, 2.75) is 32.2 Å². The highest BCUT2D eigenvalue weighted by molar-refractivity contribution is 5.95. The normalized spacial score (nSPS) is 13.2. The van der Waals surface area contributed by atoms with Crippen LogP contribution in [-0.4, -0.2) is 29.3 Å². The molecule has 0 unspecified atom stereocenters. The molecule has 2 aromatic rings. The number of fused-ring (bicyclic) bond motifs is 1. The van der Waals surface area contributed by atoms with Crippen LogP contribution in [0.5, 0.6) is 5.75 Å². The molecule has 0 saturated carbocycles. The topological polar surface area (TPSA) is 73.2 Å². The molecule has 1 N–H and O–H groups in total. The smallest absolute Gasteiger partial charge is 0.267 e. The van der Waals surface area contributed by atoms with Crippen LogP contribution in [0.15, 0.2) is 16.9 Å². The first-order chi connectivity index (χ1) is 12.9. The largest absolute Gasteiger partial charge is 0.491 e. The van der Waals surface area contributed by atoms with Crippen molar-refractivity contribution in [1.29, 1.82) is 0 Å². The van der Waals surface area contributed by atoms with Gasteiger partial charge in [0.1, 0.15) is 0 Å². The molecule has 0 bridgehead atoms. The summed E-state index contributed by atoms with van der Waals surface area (Å²) in [6.45, 7) is 0.0333. The molecule has 144 valence electrons. The van der Waals surface area contributed by atoms with Crippen molar-refractivity contribution in [2.75, 3.05) is 13.7 Å². The highest BCUT2D eigenvalue weighted by atomic mass is 19.2. The molecule has 1 aromatic carbocycles. The number of ether oxygens (including phenoxy) is 1. The monoisotopic (exact) mass is 381 g/mol. The number of aryl methyl sites for hydroxylation is 2. The van der Waals surface area contributed by atoms with E-state index in [-0.39, 0.29) is 18.6 Å². The summed E-state index contributed by atoms with van der Waals surface area (Å²) in [6.07, 6.45) is 3.65. The van der Waals surface area contributed by atoms with E-state index in [9.17, 15) is 22.8 Å². The summed E-state index contributed by atoms with van der Waals surface area (Å²) in [5.41, 5.74) is 0.841. The summed E-state index contributed by atoms with van der Waals surface area (Å²) < 4.78 is 46.8. The number of halogens is 3.